The molecule has 1 saturated heterocycles. The molecule has 144 valence electrons. The Morgan fingerprint density at radius 2 is 1.85 bits per heavy atom. The molecule has 3 aromatic rings. The van der Waals surface area contributed by atoms with Gasteiger partial charge >= 0.3 is 0 Å². The number of amides is 1. The molecule has 4 rings (SSSR count). The average Bonchev–Trinajstić information content (AvgIpc) is 3.20. The number of piperidine rings is 1. The highest BCUT2D eigenvalue weighted by atomic mass is 16.5. The van der Waals surface area contributed by atoms with Crippen molar-refractivity contribution in [3.63, 3.8) is 0 Å². The number of likely N-dealkylation sites (tertiary alicyclic amines) is 1. The first-order valence-corrected chi connectivity index (χ1v) is 10.0. The minimum absolute atomic E-state index is 0.154. The molecule has 2 aromatic heterocycles. The normalized spacial score (nSPS) is 15.3. The number of ether oxygens (including phenoxy) is 1. The van der Waals surface area contributed by atoms with Gasteiger partial charge in [0.25, 0.3) is 5.91 Å². The lowest BCUT2D eigenvalue weighted by Crippen LogP contribution is -2.36. The number of carbonyl (C=O) groups is 1. The summed E-state index contributed by atoms with van der Waals surface area (Å²) in [6.07, 6.45) is 3.43. The fourth-order valence-electron chi connectivity index (χ4n) is 4.42. The van der Waals surface area contributed by atoms with Crippen LogP contribution in [0.1, 0.15) is 49.6 Å². The van der Waals surface area contributed by atoms with E-state index in [2.05, 4.69) is 53.3 Å². The maximum atomic E-state index is 13.3. The molecule has 1 aromatic carbocycles. The second kappa shape index (κ2) is 7.39. The maximum Gasteiger partial charge on any atom is 0.270 e. The summed E-state index contributed by atoms with van der Waals surface area (Å²) in [5, 5.41) is 1.20. The second-order valence-electron chi connectivity index (χ2n) is 7.74. The highest BCUT2D eigenvalue weighted by Gasteiger charge is 2.26. The van der Waals surface area contributed by atoms with Gasteiger partial charge in [0.05, 0.1) is 23.2 Å². The molecule has 1 amide bonds. The van der Waals surface area contributed by atoms with Gasteiger partial charge < -0.3 is 18.8 Å². The summed E-state index contributed by atoms with van der Waals surface area (Å²) in [6.45, 7) is 7.40. The van der Waals surface area contributed by atoms with Crippen LogP contribution < -0.4 is 0 Å². The number of hydrogen-bond donors (Lipinski definition) is 0. The Morgan fingerprint density at radius 1 is 1.11 bits per heavy atom. The first-order valence-electron chi connectivity index (χ1n) is 10.0. The predicted molar refractivity (Wildman–Crippen MR) is 109 cm³/mol. The van der Waals surface area contributed by atoms with E-state index in [0.717, 1.165) is 42.7 Å². The molecule has 3 heterocycles. The summed E-state index contributed by atoms with van der Waals surface area (Å²) in [5.41, 5.74) is 4.30. The molecule has 0 spiro atoms. The van der Waals surface area contributed by atoms with Crippen LogP contribution in [0, 0.1) is 0 Å². The minimum atomic E-state index is 0.154. The number of hydrogen-bond acceptors (Lipinski definition) is 2. The lowest BCUT2D eigenvalue weighted by Gasteiger charge is -2.27. The van der Waals surface area contributed by atoms with E-state index in [1.807, 2.05) is 4.90 Å². The van der Waals surface area contributed by atoms with Gasteiger partial charge in [0, 0.05) is 38.2 Å². The zero-order valence-electron chi connectivity index (χ0n) is 16.6. The van der Waals surface area contributed by atoms with Crippen molar-refractivity contribution in [1.82, 2.24) is 14.0 Å². The van der Waals surface area contributed by atoms with E-state index in [1.54, 1.807) is 7.11 Å². The van der Waals surface area contributed by atoms with Crippen molar-refractivity contribution in [3.8, 4) is 0 Å². The molecule has 5 nitrogen and oxygen atoms in total. The van der Waals surface area contributed by atoms with Crippen molar-refractivity contribution < 1.29 is 9.53 Å². The molecule has 5 heteroatoms. The third-order valence-corrected chi connectivity index (χ3v) is 5.65. The topological polar surface area (TPSA) is 39.4 Å². The molecule has 1 fully saturated rings. The minimum Gasteiger partial charge on any atom is -0.383 e. The first kappa shape index (κ1) is 18.1. The third-order valence-electron chi connectivity index (χ3n) is 5.65. The Morgan fingerprint density at radius 3 is 2.56 bits per heavy atom. The highest BCUT2D eigenvalue weighted by Crippen LogP contribution is 2.34. The van der Waals surface area contributed by atoms with Crippen molar-refractivity contribution >= 4 is 27.8 Å². The number of methoxy groups -OCH3 is 1. The third kappa shape index (κ3) is 3.04. The van der Waals surface area contributed by atoms with Crippen LogP contribution in [0.5, 0.6) is 0 Å². The fourth-order valence-corrected chi connectivity index (χ4v) is 4.42. The van der Waals surface area contributed by atoms with E-state index in [4.69, 9.17) is 4.74 Å². The lowest BCUT2D eigenvalue weighted by molar-refractivity contribution is 0.0711. The van der Waals surface area contributed by atoms with E-state index >= 15 is 0 Å². The molecular formula is C22H29N3O2. The predicted octanol–water partition coefficient (Wildman–Crippen LogP) is 4.45. The summed E-state index contributed by atoms with van der Waals surface area (Å²) in [5.74, 6) is 0.154. The molecule has 0 unspecified atom stereocenters. The van der Waals surface area contributed by atoms with Crippen LogP contribution in [0.3, 0.4) is 0 Å². The van der Waals surface area contributed by atoms with Crippen molar-refractivity contribution in [3.05, 3.63) is 36.0 Å². The highest BCUT2D eigenvalue weighted by molar-refractivity contribution is 6.10. The molecule has 0 bridgehead atoms. The molecule has 1 aliphatic rings. The monoisotopic (exact) mass is 367 g/mol. The summed E-state index contributed by atoms with van der Waals surface area (Å²) in [6, 6.07) is 10.9. The number of aromatic nitrogens is 2. The number of para-hydroxylation sites is 1. The van der Waals surface area contributed by atoms with Gasteiger partial charge in [0.1, 0.15) is 5.69 Å². The van der Waals surface area contributed by atoms with Crippen molar-refractivity contribution in [2.24, 2.45) is 0 Å². The summed E-state index contributed by atoms with van der Waals surface area (Å²) >= 11 is 0. The van der Waals surface area contributed by atoms with Crippen LogP contribution in [0.25, 0.3) is 21.9 Å². The number of carbonyl (C=O) groups excluding carboxylic acids is 1. The van der Waals surface area contributed by atoms with Crippen molar-refractivity contribution in [1.29, 1.82) is 0 Å². The maximum absolute atomic E-state index is 13.3. The van der Waals surface area contributed by atoms with E-state index in [1.165, 1.54) is 17.3 Å². The smallest absolute Gasteiger partial charge is 0.270 e. The molecule has 1 aliphatic heterocycles. The van der Waals surface area contributed by atoms with E-state index in [0.29, 0.717) is 19.2 Å². The van der Waals surface area contributed by atoms with E-state index < -0.39 is 0 Å². The Bertz CT molecular complexity index is 961. The number of nitrogens with zero attached hydrogens (tertiary/aromatic N) is 3. The van der Waals surface area contributed by atoms with Crippen molar-refractivity contribution in [2.75, 3.05) is 26.8 Å². The van der Waals surface area contributed by atoms with Crippen LogP contribution >= 0.6 is 0 Å². The zero-order valence-corrected chi connectivity index (χ0v) is 16.6. The van der Waals surface area contributed by atoms with Crippen LogP contribution in [-0.4, -0.2) is 46.7 Å². The standard InChI is InChI=1S/C22H29N3O2/c1-16(2)25-18-10-6-5-9-17(18)21-19(25)15-20(24(21)13-14-27-3)22(26)23-11-7-4-8-12-23/h5-6,9-10,15-16H,4,7-8,11-14H2,1-3H3. The molecule has 0 aliphatic carbocycles. The molecule has 0 saturated carbocycles. The quantitative estimate of drug-likeness (QED) is 0.668. The van der Waals surface area contributed by atoms with Gasteiger partial charge in [0.15, 0.2) is 0 Å². The SMILES string of the molecule is COCCn1c(C(=O)N2CCCCC2)cc2c1c1ccccc1n2C(C)C. The fraction of sp³-hybridized carbons (Fsp3) is 0.500. The Balaban J connectivity index is 1.93. The van der Waals surface area contributed by atoms with Crippen LogP contribution in [0.2, 0.25) is 0 Å². The largest absolute Gasteiger partial charge is 0.383 e. The molecule has 0 N–H and O–H groups in total. The molecular weight excluding hydrogens is 338 g/mol. The Kier molecular flexibility index (Phi) is 4.96. The Labute approximate surface area is 160 Å². The molecule has 0 atom stereocenters. The van der Waals surface area contributed by atoms with Gasteiger partial charge in [-0.1, -0.05) is 18.2 Å². The van der Waals surface area contributed by atoms with Crippen LogP contribution in [-0.2, 0) is 11.3 Å². The van der Waals surface area contributed by atoms with Crippen LogP contribution in [0.15, 0.2) is 30.3 Å². The van der Waals surface area contributed by atoms with Crippen LogP contribution in [0.4, 0.5) is 0 Å². The molecule has 27 heavy (non-hydrogen) atoms. The summed E-state index contributed by atoms with van der Waals surface area (Å²) < 4.78 is 9.88. The van der Waals surface area contributed by atoms with Crippen molar-refractivity contribution in [2.45, 2.75) is 45.7 Å². The van der Waals surface area contributed by atoms with E-state index in [9.17, 15) is 4.79 Å². The van der Waals surface area contributed by atoms with Gasteiger partial charge in [-0.2, -0.15) is 0 Å². The zero-order chi connectivity index (χ0) is 19.0. The van der Waals surface area contributed by atoms with Gasteiger partial charge in [0.2, 0.25) is 0 Å². The van der Waals surface area contributed by atoms with Gasteiger partial charge in [-0.3, -0.25) is 4.79 Å². The Hall–Kier alpha value is -2.27. The average molecular weight is 367 g/mol. The number of fused-ring (bicyclic) bond motifs is 3. The lowest BCUT2D eigenvalue weighted by atomic mass is 10.1. The number of rotatable bonds is 5. The first-order chi connectivity index (χ1) is 13.1. The molecule has 0 radical (unpaired) electrons. The summed E-state index contributed by atoms with van der Waals surface area (Å²) in [4.78, 5) is 15.3. The van der Waals surface area contributed by atoms with Gasteiger partial charge in [-0.05, 0) is 45.2 Å². The van der Waals surface area contributed by atoms with Gasteiger partial charge in [-0.25, -0.2) is 0 Å². The number of benzene rings is 1. The van der Waals surface area contributed by atoms with Gasteiger partial charge in [-0.15, -0.1) is 0 Å². The summed E-state index contributed by atoms with van der Waals surface area (Å²) in [7, 11) is 1.71. The second-order valence-corrected chi connectivity index (χ2v) is 7.74. The van der Waals surface area contributed by atoms with E-state index in [-0.39, 0.29) is 5.91 Å².